The zero-order chi connectivity index (χ0) is 27.9. The molecule has 4 heteroatoms. The van der Waals surface area contributed by atoms with Gasteiger partial charge in [-0.3, -0.25) is 9.59 Å². The van der Waals surface area contributed by atoms with Gasteiger partial charge in [-0.25, -0.2) is 0 Å². The molecule has 5 aliphatic rings. The Morgan fingerprint density at radius 1 is 0.895 bits per heavy atom. The average molecular weight is 527 g/mol. The van der Waals surface area contributed by atoms with Gasteiger partial charge in [0.25, 0.3) is 0 Å². The Morgan fingerprint density at radius 2 is 1.61 bits per heavy atom. The summed E-state index contributed by atoms with van der Waals surface area (Å²) in [5.74, 6) is 2.07. The number of carbonyl (C=O) groups is 2. The summed E-state index contributed by atoms with van der Waals surface area (Å²) in [5, 5.41) is 10.6. The lowest BCUT2D eigenvalue weighted by Gasteiger charge is -2.73. The van der Waals surface area contributed by atoms with Crippen molar-refractivity contribution in [2.45, 2.75) is 119 Å². The van der Waals surface area contributed by atoms with E-state index in [0.29, 0.717) is 36.2 Å². The first kappa shape index (κ1) is 28.2. The van der Waals surface area contributed by atoms with Gasteiger partial charge in [-0.2, -0.15) is 0 Å². The zero-order valence-corrected chi connectivity index (χ0v) is 25.3. The van der Waals surface area contributed by atoms with Gasteiger partial charge < -0.3 is 9.84 Å². The van der Waals surface area contributed by atoms with Gasteiger partial charge in [0, 0.05) is 12.3 Å². The molecule has 5 unspecified atom stereocenters. The van der Waals surface area contributed by atoms with Crippen molar-refractivity contribution in [2.75, 3.05) is 6.61 Å². The van der Waals surface area contributed by atoms with Gasteiger partial charge in [0.15, 0.2) is 0 Å². The molecule has 5 aliphatic carbocycles. The van der Waals surface area contributed by atoms with E-state index in [1.165, 1.54) is 37.7 Å². The van der Waals surface area contributed by atoms with Gasteiger partial charge in [0.1, 0.15) is 0 Å². The molecule has 5 fully saturated rings. The van der Waals surface area contributed by atoms with E-state index in [-0.39, 0.29) is 33.5 Å². The molecule has 5 saturated carbocycles. The topological polar surface area (TPSA) is 63.6 Å². The lowest BCUT2D eigenvalue weighted by molar-refractivity contribution is -0.248. The van der Waals surface area contributed by atoms with Crippen molar-refractivity contribution in [1.29, 1.82) is 0 Å². The van der Waals surface area contributed by atoms with Crippen molar-refractivity contribution in [3.05, 3.63) is 12.2 Å². The zero-order valence-electron chi connectivity index (χ0n) is 25.3. The number of rotatable bonds is 5. The summed E-state index contributed by atoms with van der Waals surface area (Å²) in [6, 6.07) is 0. The third kappa shape index (κ3) is 3.52. The molecule has 0 saturated heterocycles. The molecule has 38 heavy (non-hydrogen) atoms. The van der Waals surface area contributed by atoms with Crippen LogP contribution in [0.1, 0.15) is 119 Å². The van der Waals surface area contributed by atoms with Gasteiger partial charge in [-0.15, -0.1) is 0 Å². The molecule has 0 bridgehead atoms. The number of allylic oxidation sites excluding steroid dienone is 1. The third-order valence-electron chi connectivity index (χ3n) is 14.7. The number of ether oxygens (including phenoxy) is 1. The first-order valence-electron chi connectivity index (χ1n) is 15.8. The summed E-state index contributed by atoms with van der Waals surface area (Å²) in [4.78, 5) is 24.8. The molecule has 4 nitrogen and oxygen atoms in total. The van der Waals surface area contributed by atoms with Gasteiger partial charge >= 0.3 is 11.9 Å². The van der Waals surface area contributed by atoms with E-state index in [1.807, 2.05) is 0 Å². The largest absolute Gasteiger partial charge is 0.481 e. The van der Waals surface area contributed by atoms with E-state index in [9.17, 15) is 14.7 Å². The van der Waals surface area contributed by atoms with Crippen LogP contribution in [0.25, 0.3) is 0 Å². The van der Waals surface area contributed by atoms with Crippen LogP contribution in [0.2, 0.25) is 0 Å². The number of carbonyl (C=O) groups excluding carboxylic acids is 1. The quantitative estimate of drug-likeness (QED) is 0.289. The van der Waals surface area contributed by atoms with Crippen molar-refractivity contribution in [1.82, 2.24) is 0 Å². The summed E-state index contributed by atoms with van der Waals surface area (Å²) in [6.07, 6.45) is 11.9. The summed E-state index contributed by atoms with van der Waals surface area (Å²) in [7, 11) is 0. The molecule has 0 amide bonds. The highest BCUT2D eigenvalue weighted by atomic mass is 16.5. The second kappa shape index (κ2) is 9.10. The molecule has 0 radical (unpaired) electrons. The maximum absolute atomic E-state index is 12.9. The number of hydrogen-bond donors (Lipinski definition) is 1. The number of carboxylic acids is 1. The molecule has 214 valence electrons. The minimum absolute atomic E-state index is 0.0121. The van der Waals surface area contributed by atoms with Crippen molar-refractivity contribution in [2.24, 2.45) is 62.6 Å². The Bertz CT molecular complexity index is 1000. The van der Waals surface area contributed by atoms with Gasteiger partial charge in [-0.1, -0.05) is 53.7 Å². The highest BCUT2D eigenvalue weighted by Gasteiger charge is 2.72. The summed E-state index contributed by atoms with van der Waals surface area (Å²) >= 11 is 0. The fourth-order valence-corrected chi connectivity index (χ4v) is 12.2. The average Bonchev–Trinajstić information content (AvgIpc) is 3.26. The second-order valence-corrected chi connectivity index (χ2v) is 15.5. The molecular weight excluding hydrogens is 472 g/mol. The Morgan fingerprint density at radius 3 is 2.24 bits per heavy atom. The Labute approximate surface area is 231 Å². The fourth-order valence-electron chi connectivity index (χ4n) is 12.2. The lowest BCUT2D eigenvalue weighted by Crippen LogP contribution is -2.67. The van der Waals surface area contributed by atoms with Gasteiger partial charge in [0.05, 0.1) is 12.0 Å². The molecule has 11 atom stereocenters. The minimum Gasteiger partial charge on any atom is -0.481 e. The fraction of sp³-hybridized carbons (Fsp3) is 0.882. The lowest BCUT2D eigenvalue weighted by atomic mass is 9.32. The molecule has 0 aliphatic heterocycles. The highest BCUT2D eigenvalue weighted by molar-refractivity contribution is 5.76. The number of hydrogen-bond acceptors (Lipinski definition) is 3. The van der Waals surface area contributed by atoms with Crippen molar-refractivity contribution >= 4 is 11.9 Å². The first-order valence-corrected chi connectivity index (χ1v) is 15.8. The van der Waals surface area contributed by atoms with E-state index < -0.39 is 11.4 Å². The van der Waals surface area contributed by atoms with Crippen LogP contribution in [-0.4, -0.2) is 23.7 Å². The van der Waals surface area contributed by atoms with Crippen LogP contribution in [0.5, 0.6) is 0 Å². The maximum Gasteiger partial charge on any atom is 0.309 e. The van der Waals surface area contributed by atoms with E-state index in [2.05, 4.69) is 48.1 Å². The summed E-state index contributed by atoms with van der Waals surface area (Å²) in [6.45, 7) is 21.3. The summed E-state index contributed by atoms with van der Waals surface area (Å²) in [5.41, 5.74) is 1.33. The number of aliphatic carboxylic acids is 1. The van der Waals surface area contributed by atoms with Crippen LogP contribution in [0.4, 0.5) is 0 Å². The molecule has 0 aromatic rings. The molecule has 0 aromatic carbocycles. The van der Waals surface area contributed by atoms with E-state index in [1.54, 1.807) is 6.92 Å². The Hall–Kier alpha value is -1.32. The van der Waals surface area contributed by atoms with Crippen LogP contribution in [0.3, 0.4) is 0 Å². The minimum atomic E-state index is -0.555. The monoisotopic (exact) mass is 526 g/mol. The first-order chi connectivity index (χ1) is 17.7. The van der Waals surface area contributed by atoms with E-state index >= 15 is 0 Å². The van der Waals surface area contributed by atoms with Crippen LogP contribution in [0.15, 0.2) is 12.2 Å². The molecule has 5 rings (SSSR count). The maximum atomic E-state index is 12.9. The number of fused-ring (bicyclic) bond motifs is 7. The molecular formula is C34H54O4. The smallest absolute Gasteiger partial charge is 0.309 e. The van der Waals surface area contributed by atoms with Crippen LogP contribution >= 0.6 is 0 Å². The molecule has 0 aromatic heterocycles. The van der Waals surface area contributed by atoms with E-state index in [0.717, 1.165) is 38.5 Å². The SMILES string of the molecule is C=C(CC)C1CC[C@]2(C(=O)O)CC[C@]3(C)C(CCC4[C@@]5(C)CC[C@H](C)[C@@](C)(COC(C)=O)C5CC[C@]43C)C12. The van der Waals surface area contributed by atoms with E-state index in [4.69, 9.17) is 4.74 Å². The summed E-state index contributed by atoms with van der Waals surface area (Å²) < 4.78 is 5.74. The Balaban J connectivity index is 1.53. The van der Waals surface area contributed by atoms with Crippen LogP contribution in [0, 0.1) is 62.6 Å². The predicted molar refractivity (Wildman–Crippen MR) is 151 cm³/mol. The van der Waals surface area contributed by atoms with Crippen molar-refractivity contribution in [3.8, 4) is 0 Å². The van der Waals surface area contributed by atoms with Crippen molar-refractivity contribution < 1.29 is 19.4 Å². The standard InChI is InChI=1S/C34H54O4/c1-9-21(2)24-13-17-34(29(36)37)19-18-32(7)25(28(24)34)10-11-27-30(5)15-12-22(3)31(6,20-38-23(4)35)26(30)14-16-33(27,32)8/h22,24-28H,2,9-20H2,1,3-8H3,(H,36,37)/t22-,24?,25?,26?,27?,28?,30-,31+,32+,33+,34-/m0/s1. The number of esters is 1. The second-order valence-electron chi connectivity index (χ2n) is 15.5. The third-order valence-corrected chi connectivity index (χ3v) is 14.7. The molecule has 1 N–H and O–H groups in total. The molecule has 0 heterocycles. The molecule has 0 spiro atoms. The van der Waals surface area contributed by atoms with Crippen molar-refractivity contribution in [3.63, 3.8) is 0 Å². The predicted octanol–water partition coefficient (Wildman–Crippen LogP) is 8.30. The number of carboxylic acid groups (broad SMARTS) is 1. The normalized spacial score (nSPS) is 51.7. The Kier molecular flexibility index (Phi) is 6.76. The highest BCUT2D eigenvalue weighted by Crippen LogP contribution is 2.77. The van der Waals surface area contributed by atoms with Crippen LogP contribution < -0.4 is 0 Å². The van der Waals surface area contributed by atoms with Gasteiger partial charge in [0.2, 0.25) is 0 Å². The van der Waals surface area contributed by atoms with Gasteiger partial charge in [-0.05, 0) is 122 Å². The van der Waals surface area contributed by atoms with Crippen LogP contribution in [-0.2, 0) is 14.3 Å².